The summed E-state index contributed by atoms with van der Waals surface area (Å²) in [5.74, 6) is -0.0562. The first kappa shape index (κ1) is 16.0. The van der Waals surface area contributed by atoms with Gasteiger partial charge in [-0.3, -0.25) is 4.79 Å². The van der Waals surface area contributed by atoms with Gasteiger partial charge >= 0.3 is 5.97 Å². The molecule has 1 atom stereocenters. The van der Waals surface area contributed by atoms with Gasteiger partial charge in [-0.05, 0) is 41.8 Å². The first-order valence-electron chi connectivity index (χ1n) is 6.88. The Balaban J connectivity index is 1.90. The van der Waals surface area contributed by atoms with Gasteiger partial charge in [0.05, 0.1) is 7.11 Å². The summed E-state index contributed by atoms with van der Waals surface area (Å²) in [6, 6.07) is 12.8. The molecule has 2 aromatic carbocycles. The predicted octanol–water partition coefficient (Wildman–Crippen LogP) is 2.45. The van der Waals surface area contributed by atoms with Gasteiger partial charge in [-0.15, -0.1) is 0 Å². The van der Waals surface area contributed by atoms with E-state index in [2.05, 4.69) is 4.74 Å². The third-order valence-electron chi connectivity index (χ3n) is 3.18. The fourth-order valence-electron chi connectivity index (χ4n) is 2.00. The molecule has 0 heterocycles. The molecule has 0 saturated carbocycles. The zero-order valence-electron chi connectivity index (χ0n) is 12.3. The van der Waals surface area contributed by atoms with E-state index in [0.29, 0.717) is 18.8 Å². The molecule has 0 radical (unpaired) electrons. The van der Waals surface area contributed by atoms with Gasteiger partial charge in [0.2, 0.25) is 0 Å². The molecule has 0 aliphatic carbocycles. The minimum Gasteiger partial charge on any atom is -0.489 e. The molecule has 0 bridgehead atoms. The summed E-state index contributed by atoms with van der Waals surface area (Å²) in [7, 11) is 1.31. The van der Waals surface area contributed by atoms with Gasteiger partial charge in [0.25, 0.3) is 0 Å². The van der Waals surface area contributed by atoms with Crippen molar-refractivity contribution in [1.29, 1.82) is 0 Å². The van der Waals surface area contributed by atoms with Crippen molar-refractivity contribution in [3.05, 3.63) is 65.5 Å². The Morgan fingerprint density at radius 3 is 2.55 bits per heavy atom. The van der Waals surface area contributed by atoms with E-state index in [1.165, 1.54) is 19.2 Å². The molecular formula is C17H18FNO3. The van der Waals surface area contributed by atoms with E-state index in [1.54, 1.807) is 24.3 Å². The Bertz CT molecular complexity index is 628. The van der Waals surface area contributed by atoms with Crippen molar-refractivity contribution in [3.63, 3.8) is 0 Å². The van der Waals surface area contributed by atoms with E-state index < -0.39 is 12.0 Å². The van der Waals surface area contributed by atoms with Gasteiger partial charge in [-0.1, -0.05) is 24.3 Å². The highest BCUT2D eigenvalue weighted by molar-refractivity contribution is 5.75. The van der Waals surface area contributed by atoms with Crippen molar-refractivity contribution in [2.45, 2.75) is 19.1 Å². The molecule has 0 saturated heterocycles. The maximum Gasteiger partial charge on any atom is 0.322 e. The second kappa shape index (κ2) is 7.56. The number of esters is 1. The van der Waals surface area contributed by atoms with Crippen LogP contribution in [0.5, 0.6) is 5.75 Å². The lowest BCUT2D eigenvalue weighted by atomic mass is 10.1. The first-order chi connectivity index (χ1) is 10.6. The largest absolute Gasteiger partial charge is 0.489 e. The molecule has 2 rings (SSSR count). The normalized spacial score (nSPS) is 11.8. The number of benzene rings is 2. The highest BCUT2D eigenvalue weighted by Crippen LogP contribution is 2.15. The minimum absolute atomic E-state index is 0.284. The number of halogens is 1. The van der Waals surface area contributed by atoms with Crippen LogP contribution in [0.3, 0.4) is 0 Å². The van der Waals surface area contributed by atoms with E-state index >= 15 is 0 Å². The summed E-state index contributed by atoms with van der Waals surface area (Å²) < 4.78 is 23.2. The molecule has 116 valence electrons. The van der Waals surface area contributed by atoms with E-state index in [9.17, 15) is 9.18 Å². The third kappa shape index (κ3) is 4.56. The highest BCUT2D eigenvalue weighted by Gasteiger charge is 2.13. The van der Waals surface area contributed by atoms with Crippen molar-refractivity contribution in [2.24, 2.45) is 5.73 Å². The molecule has 0 amide bonds. The van der Waals surface area contributed by atoms with Crippen LogP contribution in [0.15, 0.2) is 48.5 Å². The molecule has 0 aromatic heterocycles. The standard InChI is InChI=1S/C17H18FNO3/c1-21-17(20)16(19)10-12-5-7-15(8-6-12)22-11-13-3-2-4-14(18)9-13/h2-9,16H,10-11,19H2,1H3/t16-/m0/s1. The van der Waals surface area contributed by atoms with Crippen LogP contribution in [0.25, 0.3) is 0 Å². The first-order valence-corrected chi connectivity index (χ1v) is 6.88. The van der Waals surface area contributed by atoms with Gasteiger partial charge in [0, 0.05) is 0 Å². The van der Waals surface area contributed by atoms with Crippen molar-refractivity contribution in [3.8, 4) is 5.75 Å². The van der Waals surface area contributed by atoms with E-state index in [1.807, 2.05) is 12.1 Å². The summed E-state index contributed by atoms with van der Waals surface area (Å²) in [5.41, 5.74) is 7.38. The lowest BCUT2D eigenvalue weighted by Crippen LogP contribution is -2.33. The van der Waals surface area contributed by atoms with Crippen LogP contribution in [0.1, 0.15) is 11.1 Å². The van der Waals surface area contributed by atoms with Gasteiger partial charge in [-0.2, -0.15) is 0 Å². The van der Waals surface area contributed by atoms with Crippen LogP contribution >= 0.6 is 0 Å². The number of hydrogen-bond acceptors (Lipinski definition) is 4. The maximum absolute atomic E-state index is 13.1. The number of carbonyl (C=O) groups is 1. The molecule has 4 nitrogen and oxygen atoms in total. The second-order valence-electron chi connectivity index (χ2n) is 4.90. The fraction of sp³-hybridized carbons (Fsp3) is 0.235. The Labute approximate surface area is 128 Å². The van der Waals surface area contributed by atoms with E-state index in [0.717, 1.165) is 11.1 Å². The van der Waals surface area contributed by atoms with Gasteiger partial charge in [0.1, 0.15) is 24.2 Å². The van der Waals surface area contributed by atoms with Crippen molar-refractivity contribution in [1.82, 2.24) is 0 Å². The van der Waals surface area contributed by atoms with Gasteiger partial charge in [0.15, 0.2) is 0 Å². The number of carbonyl (C=O) groups excluding carboxylic acids is 1. The third-order valence-corrected chi connectivity index (χ3v) is 3.18. The Kier molecular flexibility index (Phi) is 5.49. The van der Waals surface area contributed by atoms with Crippen LogP contribution in [0, 0.1) is 5.82 Å². The summed E-state index contributed by atoms with van der Waals surface area (Å²) in [5, 5.41) is 0. The second-order valence-corrected chi connectivity index (χ2v) is 4.90. The molecular weight excluding hydrogens is 285 g/mol. The summed E-state index contributed by atoms with van der Waals surface area (Å²) in [4.78, 5) is 11.3. The van der Waals surface area contributed by atoms with E-state index in [4.69, 9.17) is 10.5 Å². The molecule has 0 spiro atoms. The van der Waals surface area contributed by atoms with Gasteiger partial charge < -0.3 is 15.2 Å². The lowest BCUT2D eigenvalue weighted by Gasteiger charge is -2.10. The zero-order chi connectivity index (χ0) is 15.9. The van der Waals surface area contributed by atoms with Crippen molar-refractivity contribution >= 4 is 5.97 Å². The Hall–Kier alpha value is -2.40. The molecule has 0 fully saturated rings. The minimum atomic E-state index is -0.677. The van der Waals surface area contributed by atoms with Crippen molar-refractivity contribution in [2.75, 3.05) is 7.11 Å². The number of nitrogens with two attached hydrogens (primary N) is 1. The smallest absolute Gasteiger partial charge is 0.322 e. The van der Waals surface area contributed by atoms with Crippen molar-refractivity contribution < 1.29 is 18.7 Å². The van der Waals surface area contributed by atoms with Gasteiger partial charge in [-0.25, -0.2) is 4.39 Å². The summed E-state index contributed by atoms with van der Waals surface area (Å²) in [6.45, 7) is 0.290. The topological polar surface area (TPSA) is 61.5 Å². The Morgan fingerprint density at radius 2 is 1.91 bits per heavy atom. The predicted molar refractivity (Wildman–Crippen MR) is 80.9 cm³/mol. The number of hydrogen-bond donors (Lipinski definition) is 1. The molecule has 0 unspecified atom stereocenters. The zero-order valence-corrected chi connectivity index (χ0v) is 12.3. The van der Waals surface area contributed by atoms with E-state index in [-0.39, 0.29) is 5.82 Å². The summed E-state index contributed by atoms with van der Waals surface area (Å²) in [6.07, 6.45) is 0.400. The number of ether oxygens (including phenoxy) is 2. The van der Waals surface area contributed by atoms with Crippen LogP contribution in [0.2, 0.25) is 0 Å². The van der Waals surface area contributed by atoms with Crippen LogP contribution < -0.4 is 10.5 Å². The quantitative estimate of drug-likeness (QED) is 0.833. The molecule has 2 N–H and O–H groups in total. The molecule has 5 heteroatoms. The molecule has 22 heavy (non-hydrogen) atoms. The van der Waals surface area contributed by atoms with Crippen LogP contribution in [-0.2, 0) is 22.6 Å². The van der Waals surface area contributed by atoms with Crippen LogP contribution in [0.4, 0.5) is 4.39 Å². The monoisotopic (exact) mass is 303 g/mol. The number of methoxy groups -OCH3 is 1. The Morgan fingerprint density at radius 1 is 1.18 bits per heavy atom. The fourth-order valence-corrected chi connectivity index (χ4v) is 2.00. The van der Waals surface area contributed by atoms with Crippen LogP contribution in [-0.4, -0.2) is 19.1 Å². The number of rotatable bonds is 6. The lowest BCUT2D eigenvalue weighted by molar-refractivity contribution is -0.142. The SMILES string of the molecule is COC(=O)[C@@H](N)Cc1ccc(OCc2cccc(F)c2)cc1. The summed E-state index contributed by atoms with van der Waals surface area (Å²) >= 11 is 0. The average Bonchev–Trinajstić information content (AvgIpc) is 2.53. The highest BCUT2D eigenvalue weighted by atomic mass is 19.1. The molecule has 0 aliphatic heterocycles. The molecule has 2 aromatic rings. The average molecular weight is 303 g/mol. The molecule has 0 aliphatic rings. The maximum atomic E-state index is 13.1.